The van der Waals surface area contributed by atoms with Crippen molar-refractivity contribution in [3.8, 4) is 0 Å². The molecule has 0 radical (unpaired) electrons. The number of carbonyl (C=O) groups excluding carboxylic acids is 2. The van der Waals surface area contributed by atoms with Crippen molar-refractivity contribution < 1.29 is 18.0 Å². The van der Waals surface area contributed by atoms with Gasteiger partial charge in [-0.1, -0.05) is 43.3 Å². The highest BCUT2D eigenvalue weighted by atomic mass is 32.2. The van der Waals surface area contributed by atoms with Gasteiger partial charge in [-0.05, 0) is 56.4 Å². The molecule has 3 rings (SSSR count). The lowest BCUT2D eigenvalue weighted by atomic mass is 9.97. The minimum Gasteiger partial charge on any atom is -0.350 e. The Kier molecular flexibility index (Phi) is 8.26. The van der Waals surface area contributed by atoms with Gasteiger partial charge in [0.25, 0.3) is 5.91 Å². The molecule has 1 fully saturated rings. The van der Waals surface area contributed by atoms with Gasteiger partial charge >= 0.3 is 0 Å². The van der Waals surface area contributed by atoms with Crippen molar-refractivity contribution in [3.05, 3.63) is 65.2 Å². The summed E-state index contributed by atoms with van der Waals surface area (Å²) in [7, 11) is -3.45. The van der Waals surface area contributed by atoms with Crippen molar-refractivity contribution in [2.24, 2.45) is 5.92 Å². The Morgan fingerprint density at radius 1 is 1.06 bits per heavy atom. The van der Waals surface area contributed by atoms with Crippen LogP contribution in [-0.4, -0.2) is 43.7 Å². The highest BCUT2D eigenvalue weighted by Crippen LogP contribution is 2.25. The Bertz CT molecular complexity index is 1090. The van der Waals surface area contributed by atoms with Gasteiger partial charge in [-0.15, -0.1) is 0 Å². The summed E-state index contributed by atoms with van der Waals surface area (Å²) in [5, 5.41) is 5.81. The zero-order valence-corrected chi connectivity index (χ0v) is 20.3. The van der Waals surface area contributed by atoms with Crippen molar-refractivity contribution in [2.45, 2.75) is 51.8 Å². The SMILES string of the molecule is CC[C@@H](C)NC(=O)c1ccccc1NC(=O)C1CCN(S(=O)(=O)Cc2ccccc2C)CC1. The molecule has 0 aromatic heterocycles. The van der Waals surface area contributed by atoms with Crippen LogP contribution in [0.4, 0.5) is 5.69 Å². The molecule has 0 unspecified atom stereocenters. The largest absolute Gasteiger partial charge is 0.350 e. The van der Waals surface area contributed by atoms with Gasteiger partial charge < -0.3 is 10.6 Å². The molecule has 1 atom stereocenters. The summed E-state index contributed by atoms with van der Waals surface area (Å²) < 4.78 is 27.3. The molecule has 8 heteroatoms. The number of nitrogens with one attached hydrogen (secondary N) is 2. The first-order valence-corrected chi connectivity index (χ1v) is 13.0. The molecule has 0 aliphatic carbocycles. The first kappa shape index (κ1) is 24.9. The van der Waals surface area contributed by atoms with Crippen LogP contribution in [0, 0.1) is 12.8 Å². The van der Waals surface area contributed by atoms with Crippen molar-refractivity contribution in [2.75, 3.05) is 18.4 Å². The Morgan fingerprint density at radius 2 is 1.70 bits per heavy atom. The van der Waals surface area contributed by atoms with E-state index >= 15 is 0 Å². The van der Waals surface area contributed by atoms with Crippen LogP contribution in [0.15, 0.2) is 48.5 Å². The summed E-state index contributed by atoms with van der Waals surface area (Å²) in [5.41, 5.74) is 2.64. The van der Waals surface area contributed by atoms with E-state index < -0.39 is 10.0 Å². The van der Waals surface area contributed by atoms with Crippen LogP contribution in [-0.2, 0) is 20.6 Å². The van der Waals surface area contributed by atoms with Gasteiger partial charge in [0.15, 0.2) is 0 Å². The second kappa shape index (κ2) is 10.9. The monoisotopic (exact) mass is 471 g/mol. The third-order valence-electron chi connectivity index (χ3n) is 6.24. The van der Waals surface area contributed by atoms with Gasteiger partial charge in [0, 0.05) is 25.0 Å². The number of carbonyl (C=O) groups is 2. The standard InChI is InChI=1S/C25H33N3O4S/c1-4-19(3)26-25(30)22-11-7-8-12-23(22)27-24(29)20-13-15-28(16-14-20)33(31,32)17-21-10-6-5-9-18(21)2/h5-12,19-20H,4,13-17H2,1-3H3,(H,26,30)(H,27,29)/t19-/m1/s1. The highest BCUT2D eigenvalue weighted by Gasteiger charge is 2.31. The number of para-hydroxylation sites is 1. The maximum Gasteiger partial charge on any atom is 0.253 e. The number of aryl methyl sites for hydroxylation is 1. The Labute approximate surface area is 196 Å². The number of piperidine rings is 1. The lowest BCUT2D eigenvalue weighted by molar-refractivity contribution is -0.120. The fourth-order valence-corrected chi connectivity index (χ4v) is 5.55. The van der Waals surface area contributed by atoms with Crippen molar-refractivity contribution >= 4 is 27.5 Å². The first-order chi connectivity index (χ1) is 15.7. The molecule has 0 saturated carbocycles. The second-order valence-electron chi connectivity index (χ2n) is 8.67. The van der Waals surface area contributed by atoms with Crippen molar-refractivity contribution in [3.63, 3.8) is 0 Å². The van der Waals surface area contributed by atoms with E-state index in [4.69, 9.17) is 0 Å². The zero-order valence-electron chi connectivity index (χ0n) is 19.5. The van der Waals surface area contributed by atoms with Crippen LogP contribution in [0.1, 0.15) is 54.6 Å². The number of hydrogen-bond donors (Lipinski definition) is 2. The normalized spacial score (nSPS) is 16.2. The van der Waals surface area contributed by atoms with Crippen molar-refractivity contribution in [1.29, 1.82) is 0 Å². The van der Waals surface area contributed by atoms with E-state index in [1.165, 1.54) is 4.31 Å². The third-order valence-corrected chi connectivity index (χ3v) is 8.06. The Balaban J connectivity index is 1.60. The molecule has 0 spiro atoms. The summed E-state index contributed by atoms with van der Waals surface area (Å²) >= 11 is 0. The maximum atomic E-state index is 12.9. The van der Waals surface area contributed by atoms with Crippen LogP contribution >= 0.6 is 0 Å². The lowest BCUT2D eigenvalue weighted by Gasteiger charge is -2.31. The number of rotatable bonds is 8. The number of sulfonamides is 1. The van der Waals surface area contributed by atoms with Gasteiger partial charge in [0.1, 0.15) is 0 Å². The topological polar surface area (TPSA) is 95.6 Å². The smallest absolute Gasteiger partial charge is 0.253 e. The first-order valence-electron chi connectivity index (χ1n) is 11.4. The molecule has 1 aliphatic rings. The number of anilines is 1. The van der Waals surface area contributed by atoms with Crippen LogP contribution in [0.3, 0.4) is 0 Å². The molecular weight excluding hydrogens is 438 g/mol. The number of benzene rings is 2. The highest BCUT2D eigenvalue weighted by molar-refractivity contribution is 7.88. The van der Waals surface area contributed by atoms with Crippen LogP contribution in [0.5, 0.6) is 0 Å². The molecule has 2 N–H and O–H groups in total. The quantitative estimate of drug-likeness (QED) is 0.614. The number of amides is 2. The molecule has 1 heterocycles. The molecule has 0 bridgehead atoms. The second-order valence-corrected chi connectivity index (χ2v) is 10.6. The molecule has 7 nitrogen and oxygen atoms in total. The van der Waals surface area contributed by atoms with Gasteiger partial charge in [-0.25, -0.2) is 12.7 Å². The van der Waals surface area contributed by atoms with E-state index in [0.29, 0.717) is 37.2 Å². The average molecular weight is 472 g/mol. The van der Waals surface area contributed by atoms with Crippen LogP contribution in [0.2, 0.25) is 0 Å². The Hall–Kier alpha value is -2.71. The van der Waals surface area contributed by atoms with E-state index in [2.05, 4.69) is 10.6 Å². The van der Waals surface area contributed by atoms with Crippen molar-refractivity contribution in [1.82, 2.24) is 9.62 Å². The fourth-order valence-electron chi connectivity index (χ4n) is 3.88. The fraction of sp³-hybridized carbons (Fsp3) is 0.440. The molecule has 2 aromatic carbocycles. The average Bonchev–Trinajstić information content (AvgIpc) is 2.80. The minimum absolute atomic E-state index is 0.0325. The molecule has 178 valence electrons. The molecule has 1 aliphatic heterocycles. The van der Waals surface area contributed by atoms with E-state index in [-0.39, 0.29) is 29.5 Å². The summed E-state index contributed by atoms with van der Waals surface area (Å²) in [6.07, 6.45) is 1.70. The minimum atomic E-state index is -3.45. The Morgan fingerprint density at radius 3 is 2.36 bits per heavy atom. The van der Waals surface area contributed by atoms with E-state index in [9.17, 15) is 18.0 Å². The molecule has 2 aromatic rings. The van der Waals surface area contributed by atoms with Gasteiger partial charge in [-0.3, -0.25) is 9.59 Å². The van der Waals surface area contributed by atoms with Gasteiger partial charge in [0.05, 0.1) is 17.0 Å². The van der Waals surface area contributed by atoms with Gasteiger partial charge in [0.2, 0.25) is 15.9 Å². The molecule has 33 heavy (non-hydrogen) atoms. The molecular formula is C25H33N3O4S. The zero-order chi connectivity index (χ0) is 24.0. The molecule has 1 saturated heterocycles. The van der Waals surface area contributed by atoms with E-state index in [1.807, 2.05) is 45.0 Å². The molecule has 2 amide bonds. The van der Waals surface area contributed by atoms with Crippen LogP contribution in [0.25, 0.3) is 0 Å². The summed E-state index contributed by atoms with van der Waals surface area (Å²) in [5.74, 6) is -0.748. The predicted octanol–water partition coefficient (Wildman–Crippen LogP) is 3.70. The van der Waals surface area contributed by atoms with E-state index in [0.717, 1.165) is 17.5 Å². The summed E-state index contributed by atoms with van der Waals surface area (Å²) in [6.45, 7) is 6.44. The van der Waals surface area contributed by atoms with Crippen LogP contribution < -0.4 is 10.6 Å². The predicted molar refractivity (Wildman–Crippen MR) is 130 cm³/mol. The third kappa shape index (κ3) is 6.42. The number of nitrogens with zero attached hydrogens (tertiary/aromatic N) is 1. The van der Waals surface area contributed by atoms with E-state index in [1.54, 1.807) is 24.3 Å². The van der Waals surface area contributed by atoms with Gasteiger partial charge in [-0.2, -0.15) is 0 Å². The summed E-state index contributed by atoms with van der Waals surface area (Å²) in [4.78, 5) is 25.5. The summed E-state index contributed by atoms with van der Waals surface area (Å²) in [6, 6.07) is 14.4. The number of hydrogen-bond acceptors (Lipinski definition) is 4. The maximum absolute atomic E-state index is 12.9. The lowest BCUT2D eigenvalue weighted by Crippen LogP contribution is -2.42.